The van der Waals surface area contributed by atoms with Gasteiger partial charge in [-0.2, -0.15) is 0 Å². The van der Waals surface area contributed by atoms with Crippen LogP contribution in [0, 0.1) is 11.8 Å². The second-order valence-electron chi connectivity index (χ2n) is 6.20. The van der Waals surface area contributed by atoms with Gasteiger partial charge in [0, 0.05) is 32.5 Å². The molecule has 4 heteroatoms. The molecule has 1 aromatic carbocycles. The molecule has 1 aromatic rings. The van der Waals surface area contributed by atoms with Crippen molar-refractivity contribution in [1.82, 2.24) is 10.2 Å². The summed E-state index contributed by atoms with van der Waals surface area (Å²) >= 11 is 0. The number of rotatable bonds is 3. The number of carbonyl (C=O) groups is 1. The first kappa shape index (κ1) is 14.4. The van der Waals surface area contributed by atoms with E-state index in [-0.39, 0.29) is 12.0 Å². The number of nitrogens with zero attached hydrogens (tertiary/aromatic N) is 1. The zero-order valence-electron chi connectivity index (χ0n) is 12.6. The Bertz CT molecular complexity index is 469. The molecule has 0 aromatic heterocycles. The number of nitrogens with one attached hydrogen (secondary N) is 1. The number of likely N-dealkylation sites (tertiary alicyclic amines) is 1. The Kier molecular flexibility index (Phi) is 4.44. The van der Waals surface area contributed by atoms with Gasteiger partial charge in [0.05, 0.1) is 5.92 Å². The van der Waals surface area contributed by atoms with Crippen LogP contribution in [0.4, 0.5) is 0 Å². The summed E-state index contributed by atoms with van der Waals surface area (Å²) in [6.45, 7) is 5.59. The Morgan fingerprint density at radius 2 is 1.90 bits per heavy atom. The Labute approximate surface area is 126 Å². The van der Waals surface area contributed by atoms with Gasteiger partial charge in [0.25, 0.3) is 0 Å². The van der Waals surface area contributed by atoms with Gasteiger partial charge in [-0.15, -0.1) is 0 Å². The minimum absolute atomic E-state index is 0.164. The topological polar surface area (TPSA) is 41.6 Å². The maximum atomic E-state index is 12.5. The van der Waals surface area contributed by atoms with Crippen LogP contribution >= 0.6 is 0 Å². The minimum atomic E-state index is 0.164. The maximum Gasteiger partial charge on any atom is 0.227 e. The summed E-state index contributed by atoms with van der Waals surface area (Å²) in [5.41, 5.74) is 0. The van der Waals surface area contributed by atoms with Crippen molar-refractivity contribution in [1.29, 1.82) is 0 Å². The normalized spacial score (nSPS) is 26.8. The van der Waals surface area contributed by atoms with Crippen LogP contribution in [0.25, 0.3) is 0 Å². The Morgan fingerprint density at radius 3 is 2.52 bits per heavy atom. The Balaban J connectivity index is 1.50. The van der Waals surface area contributed by atoms with Crippen molar-refractivity contribution >= 4 is 5.91 Å². The molecule has 0 bridgehead atoms. The molecule has 2 saturated heterocycles. The average Bonchev–Trinajstić information content (AvgIpc) is 2.94. The standard InChI is InChI=1S/C17H24N2O2/c1-13-11-18-12-16(13)17(20)19-9-7-15(8-10-19)21-14-5-3-2-4-6-14/h2-6,13,15-16,18H,7-12H2,1H3. The van der Waals surface area contributed by atoms with Crippen molar-refractivity contribution < 1.29 is 9.53 Å². The van der Waals surface area contributed by atoms with Crippen molar-refractivity contribution in [2.45, 2.75) is 25.9 Å². The molecule has 3 rings (SSSR count). The lowest BCUT2D eigenvalue weighted by Gasteiger charge is -2.34. The van der Waals surface area contributed by atoms with E-state index in [4.69, 9.17) is 4.74 Å². The lowest BCUT2D eigenvalue weighted by Crippen LogP contribution is -2.45. The summed E-state index contributed by atoms with van der Waals surface area (Å²) in [7, 11) is 0. The van der Waals surface area contributed by atoms with Gasteiger partial charge in [0.2, 0.25) is 5.91 Å². The van der Waals surface area contributed by atoms with Crippen LogP contribution < -0.4 is 10.1 Å². The van der Waals surface area contributed by atoms with E-state index in [1.807, 2.05) is 35.2 Å². The Hall–Kier alpha value is -1.55. The fourth-order valence-corrected chi connectivity index (χ4v) is 3.26. The molecule has 2 unspecified atom stereocenters. The van der Waals surface area contributed by atoms with Crippen molar-refractivity contribution in [2.24, 2.45) is 11.8 Å². The fraction of sp³-hybridized carbons (Fsp3) is 0.588. The molecule has 1 N–H and O–H groups in total. The third-order valence-electron chi connectivity index (χ3n) is 4.63. The van der Waals surface area contributed by atoms with Gasteiger partial charge in [-0.05, 0) is 24.6 Å². The van der Waals surface area contributed by atoms with Crippen molar-refractivity contribution in [3.05, 3.63) is 30.3 Å². The number of carbonyl (C=O) groups excluding carboxylic acids is 1. The molecule has 114 valence electrons. The van der Waals surface area contributed by atoms with Gasteiger partial charge in [0.1, 0.15) is 11.9 Å². The van der Waals surface area contributed by atoms with Crippen LogP contribution in [0.3, 0.4) is 0 Å². The van der Waals surface area contributed by atoms with E-state index in [9.17, 15) is 4.79 Å². The number of benzene rings is 1. The SMILES string of the molecule is CC1CNCC1C(=O)N1CCC(Oc2ccccc2)CC1. The zero-order chi connectivity index (χ0) is 14.7. The minimum Gasteiger partial charge on any atom is -0.490 e. The molecule has 2 fully saturated rings. The molecule has 0 spiro atoms. The molecule has 2 atom stereocenters. The smallest absolute Gasteiger partial charge is 0.227 e. The van der Waals surface area contributed by atoms with Gasteiger partial charge in [0.15, 0.2) is 0 Å². The zero-order valence-corrected chi connectivity index (χ0v) is 12.6. The third-order valence-corrected chi connectivity index (χ3v) is 4.63. The summed E-state index contributed by atoms with van der Waals surface area (Å²) < 4.78 is 5.98. The molecular weight excluding hydrogens is 264 g/mol. The second kappa shape index (κ2) is 6.48. The molecule has 0 saturated carbocycles. The monoisotopic (exact) mass is 288 g/mol. The molecule has 21 heavy (non-hydrogen) atoms. The van der Waals surface area contributed by atoms with Crippen molar-refractivity contribution in [2.75, 3.05) is 26.2 Å². The number of amides is 1. The van der Waals surface area contributed by atoms with Gasteiger partial charge >= 0.3 is 0 Å². The number of piperidine rings is 1. The molecule has 2 aliphatic rings. The summed E-state index contributed by atoms with van der Waals surface area (Å²) in [5.74, 6) is 1.87. The van der Waals surface area contributed by atoms with E-state index in [0.717, 1.165) is 44.8 Å². The maximum absolute atomic E-state index is 12.5. The summed E-state index contributed by atoms with van der Waals surface area (Å²) in [6, 6.07) is 9.95. The van der Waals surface area contributed by atoms with Crippen LogP contribution in [0.1, 0.15) is 19.8 Å². The fourth-order valence-electron chi connectivity index (χ4n) is 3.26. The van der Waals surface area contributed by atoms with E-state index in [1.54, 1.807) is 0 Å². The lowest BCUT2D eigenvalue weighted by molar-refractivity contribution is -0.137. The van der Waals surface area contributed by atoms with E-state index in [2.05, 4.69) is 12.2 Å². The highest BCUT2D eigenvalue weighted by Gasteiger charge is 2.34. The van der Waals surface area contributed by atoms with Crippen LogP contribution in [0.15, 0.2) is 30.3 Å². The van der Waals surface area contributed by atoms with Gasteiger partial charge in [-0.1, -0.05) is 25.1 Å². The molecule has 2 heterocycles. The van der Waals surface area contributed by atoms with Crippen LogP contribution in [0.5, 0.6) is 5.75 Å². The number of hydrogen-bond donors (Lipinski definition) is 1. The molecule has 4 nitrogen and oxygen atoms in total. The molecule has 1 amide bonds. The highest BCUT2D eigenvalue weighted by atomic mass is 16.5. The molecule has 0 aliphatic carbocycles. The predicted molar refractivity (Wildman–Crippen MR) is 82.2 cm³/mol. The van der Waals surface area contributed by atoms with Gasteiger partial charge in [-0.25, -0.2) is 0 Å². The summed E-state index contributed by atoms with van der Waals surface area (Å²) in [6.07, 6.45) is 2.08. The van der Waals surface area contributed by atoms with Crippen molar-refractivity contribution in [3.8, 4) is 5.75 Å². The van der Waals surface area contributed by atoms with E-state index in [1.165, 1.54) is 0 Å². The highest BCUT2D eigenvalue weighted by molar-refractivity contribution is 5.79. The van der Waals surface area contributed by atoms with Crippen LogP contribution in [0.2, 0.25) is 0 Å². The van der Waals surface area contributed by atoms with E-state index >= 15 is 0 Å². The number of hydrogen-bond acceptors (Lipinski definition) is 3. The second-order valence-corrected chi connectivity index (χ2v) is 6.20. The number of ether oxygens (including phenoxy) is 1. The highest BCUT2D eigenvalue weighted by Crippen LogP contribution is 2.23. The largest absolute Gasteiger partial charge is 0.490 e. The number of para-hydroxylation sites is 1. The first-order valence-corrected chi connectivity index (χ1v) is 7.95. The van der Waals surface area contributed by atoms with Crippen LogP contribution in [-0.2, 0) is 4.79 Å². The Morgan fingerprint density at radius 1 is 1.19 bits per heavy atom. The quantitative estimate of drug-likeness (QED) is 0.924. The van der Waals surface area contributed by atoms with Gasteiger partial charge in [-0.3, -0.25) is 4.79 Å². The average molecular weight is 288 g/mol. The van der Waals surface area contributed by atoms with E-state index < -0.39 is 0 Å². The van der Waals surface area contributed by atoms with E-state index in [0.29, 0.717) is 11.8 Å². The first-order valence-electron chi connectivity index (χ1n) is 7.95. The summed E-state index contributed by atoms with van der Waals surface area (Å²) in [5, 5.41) is 3.31. The third kappa shape index (κ3) is 3.38. The lowest BCUT2D eigenvalue weighted by atomic mass is 9.95. The van der Waals surface area contributed by atoms with Crippen LogP contribution in [-0.4, -0.2) is 43.1 Å². The molecular formula is C17H24N2O2. The van der Waals surface area contributed by atoms with Crippen molar-refractivity contribution in [3.63, 3.8) is 0 Å². The van der Waals surface area contributed by atoms with Gasteiger partial charge < -0.3 is 15.0 Å². The predicted octanol–water partition coefficient (Wildman–Crippen LogP) is 1.91. The summed E-state index contributed by atoms with van der Waals surface area (Å²) in [4.78, 5) is 14.5. The molecule has 0 radical (unpaired) electrons. The molecule has 2 aliphatic heterocycles. The first-order chi connectivity index (χ1) is 10.2.